The standard InChI is InChI=1S/C16H23N3O2/c1-12(2)11-17-16(20)18-14-4-5-15-13(10-14)6-7-19(15)8-9-21-3/h4-7,10,12H,8-9,11H2,1-3H3,(H2,17,18,20). The van der Waals surface area contributed by atoms with Gasteiger partial charge in [-0.1, -0.05) is 13.8 Å². The lowest BCUT2D eigenvalue weighted by atomic mass is 10.2. The van der Waals surface area contributed by atoms with Crippen molar-refractivity contribution < 1.29 is 9.53 Å². The Labute approximate surface area is 125 Å². The fourth-order valence-corrected chi connectivity index (χ4v) is 2.13. The van der Waals surface area contributed by atoms with Gasteiger partial charge in [-0.2, -0.15) is 0 Å². The Hall–Kier alpha value is -2.01. The van der Waals surface area contributed by atoms with Gasteiger partial charge in [0.2, 0.25) is 0 Å². The minimum absolute atomic E-state index is 0.165. The molecule has 114 valence electrons. The molecule has 2 N–H and O–H groups in total. The summed E-state index contributed by atoms with van der Waals surface area (Å²) in [5.41, 5.74) is 1.94. The average molecular weight is 289 g/mol. The number of aromatic nitrogens is 1. The van der Waals surface area contributed by atoms with Crippen LogP contribution in [0.25, 0.3) is 10.9 Å². The third-order valence-corrected chi connectivity index (χ3v) is 3.24. The molecule has 5 nitrogen and oxygen atoms in total. The first-order valence-corrected chi connectivity index (χ1v) is 7.23. The van der Waals surface area contributed by atoms with Crippen molar-refractivity contribution in [2.75, 3.05) is 25.6 Å². The number of hydrogen-bond donors (Lipinski definition) is 2. The minimum atomic E-state index is -0.165. The van der Waals surface area contributed by atoms with Crippen molar-refractivity contribution in [2.24, 2.45) is 5.92 Å². The van der Waals surface area contributed by atoms with E-state index in [1.54, 1.807) is 7.11 Å². The minimum Gasteiger partial charge on any atom is -0.383 e. The average Bonchev–Trinajstić information content (AvgIpc) is 2.85. The second-order valence-corrected chi connectivity index (χ2v) is 5.50. The van der Waals surface area contributed by atoms with Gasteiger partial charge in [0, 0.05) is 43.0 Å². The third kappa shape index (κ3) is 4.23. The Morgan fingerprint density at radius 2 is 2.14 bits per heavy atom. The normalized spacial score (nSPS) is 11.0. The molecule has 1 heterocycles. The predicted molar refractivity (Wildman–Crippen MR) is 85.7 cm³/mol. The van der Waals surface area contributed by atoms with Crippen LogP contribution >= 0.6 is 0 Å². The van der Waals surface area contributed by atoms with Crippen LogP contribution in [-0.4, -0.2) is 30.9 Å². The van der Waals surface area contributed by atoms with Gasteiger partial charge in [-0.15, -0.1) is 0 Å². The van der Waals surface area contributed by atoms with E-state index in [4.69, 9.17) is 4.74 Å². The zero-order valence-corrected chi connectivity index (χ0v) is 12.8. The van der Waals surface area contributed by atoms with E-state index in [0.717, 1.165) is 23.1 Å². The summed E-state index contributed by atoms with van der Waals surface area (Å²) in [7, 11) is 1.70. The first-order chi connectivity index (χ1) is 10.1. The molecule has 1 aromatic carbocycles. The van der Waals surface area contributed by atoms with Crippen LogP contribution in [0.5, 0.6) is 0 Å². The highest BCUT2D eigenvalue weighted by atomic mass is 16.5. The molecule has 5 heteroatoms. The van der Waals surface area contributed by atoms with E-state index in [0.29, 0.717) is 19.1 Å². The van der Waals surface area contributed by atoms with Gasteiger partial charge in [0.15, 0.2) is 0 Å². The molecule has 0 spiro atoms. The molecule has 21 heavy (non-hydrogen) atoms. The molecular formula is C16H23N3O2. The highest BCUT2D eigenvalue weighted by Crippen LogP contribution is 2.20. The number of ether oxygens (including phenoxy) is 1. The van der Waals surface area contributed by atoms with Crippen molar-refractivity contribution in [1.29, 1.82) is 0 Å². The summed E-state index contributed by atoms with van der Waals surface area (Å²) in [5, 5.41) is 6.80. The quantitative estimate of drug-likeness (QED) is 0.858. The van der Waals surface area contributed by atoms with Crippen molar-refractivity contribution in [1.82, 2.24) is 9.88 Å². The number of carbonyl (C=O) groups excluding carboxylic acids is 1. The topological polar surface area (TPSA) is 55.3 Å². The molecule has 0 aliphatic carbocycles. The van der Waals surface area contributed by atoms with Gasteiger partial charge < -0.3 is 19.9 Å². The summed E-state index contributed by atoms with van der Waals surface area (Å²) in [6.45, 7) is 6.30. The molecule has 0 fully saturated rings. The fraction of sp³-hybridized carbons (Fsp3) is 0.438. The maximum atomic E-state index is 11.8. The Balaban J connectivity index is 2.04. The first-order valence-electron chi connectivity index (χ1n) is 7.23. The molecule has 2 amide bonds. The molecule has 2 aromatic rings. The van der Waals surface area contributed by atoms with Crippen molar-refractivity contribution in [3.8, 4) is 0 Å². The third-order valence-electron chi connectivity index (χ3n) is 3.24. The highest BCUT2D eigenvalue weighted by Gasteiger charge is 2.05. The van der Waals surface area contributed by atoms with Crippen molar-refractivity contribution in [3.63, 3.8) is 0 Å². The molecule has 0 saturated carbocycles. The van der Waals surface area contributed by atoms with Crippen LogP contribution in [0.2, 0.25) is 0 Å². The fourth-order valence-electron chi connectivity index (χ4n) is 2.13. The molecule has 0 atom stereocenters. The maximum Gasteiger partial charge on any atom is 0.319 e. The Morgan fingerprint density at radius 3 is 2.86 bits per heavy atom. The summed E-state index contributed by atoms with van der Waals surface area (Å²) in [6, 6.07) is 7.79. The predicted octanol–water partition coefficient (Wildman–Crippen LogP) is 3.07. The molecule has 2 rings (SSSR count). The smallest absolute Gasteiger partial charge is 0.319 e. The molecule has 1 aromatic heterocycles. The summed E-state index contributed by atoms with van der Waals surface area (Å²) in [5.74, 6) is 0.438. The number of urea groups is 1. The number of nitrogens with one attached hydrogen (secondary N) is 2. The van der Waals surface area contributed by atoms with E-state index in [9.17, 15) is 4.79 Å². The molecular weight excluding hydrogens is 266 g/mol. The van der Waals surface area contributed by atoms with Crippen LogP contribution in [0.3, 0.4) is 0 Å². The van der Waals surface area contributed by atoms with Crippen molar-refractivity contribution in [2.45, 2.75) is 20.4 Å². The van der Waals surface area contributed by atoms with Gasteiger partial charge in [-0.3, -0.25) is 0 Å². The molecule has 0 bridgehead atoms. The summed E-state index contributed by atoms with van der Waals surface area (Å²) >= 11 is 0. The van der Waals surface area contributed by atoms with Crippen molar-refractivity contribution in [3.05, 3.63) is 30.5 Å². The van der Waals surface area contributed by atoms with E-state index >= 15 is 0 Å². The number of methoxy groups -OCH3 is 1. The van der Waals surface area contributed by atoms with Gasteiger partial charge in [0.05, 0.1) is 6.61 Å². The van der Waals surface area contributed by atoms with Crippen LogP contribution < -0.4 is 10.6 Å². The van der Waals surface area contributed by atoms with Gasteiger partial charge >= 0.3 is 6.03 Å². The van der Waals surface area contributed by atoms with Gasteiger partial charge in [-0.25, -0.2) is 4.79 Å². The molecule has 0 unspecified atom stereocenters. The van der Waals surface area contributed by atoms with E-state index < -0.39 is 0 Å². The van der Waals surface area contributed by atoms with E-state index in [1.807, 2.05) is 30.5 Å². The monoisotopic (exact) mass is 289 g/mol. The Morgan fingerprint density at radius 1 is 1.33 bits per heavy atom. The number of anilines is 1. The highest BCUT2D eigenvalue weighted by molar-refractivity contribution is 5.92. The lowest BCUT2D eigenvalue weighted by Gasteiger charge is -2.10. The molecule has 0 saturated heterocycles. The van der Waals surface area contributed by atoms with Crippen molar-refractivity contribution >= 4 is 22.6 Å². The van der Waals surface area contributed by atoms with E-state index in [1.165, 1.54) is 0 Å². The van der Waals surface area contributed by atoms with Crippen LogP contribution in [0.4, 0.5) is 10.5 Å². The van der Waals surface area contributed by atoms with E-state index in [-0.39, 0.29) is 6.03 Å². The molecule has 0 aliphatic heterocycles. The number of fused-ring (bicyclic) bond motifs is 1. The van der Waals surface area contributed by atoms with Gasteiger partial charge in [0.1, 0.15) is 0 Å². The zero-order chi connectivity index (χ0) is 15.2. The largest absolute Gasteiger partial charge is 0.383 e. The van der Waals surface area contributed by atoms with Crippen LogP contribution in [0.1, 0.15) is 13.8 Å². The molecule has 0 aliphatic rings. The number of hydrogen-bond acceptors (Lipinski definition) is 2. The first kappa shape index (κ1) is 15.4. The lowest BCUT2D eigenvalue weighted by Crippen LogP contribution is -2.31. The van der Waals surface area contributed by atoms with Gasteiger partial charge in [-0.05, 0) is 30.2 Å². The number of rotatable bonds is 6. The second kappa shape index (κ2) is 7.13. The number of nitrogens with zero attached hydrogens (tertiary/aromatic N) is 1. The molecule has 0 radical (unpaired) electrons. The number of amides is 2. The summed E-state index contributed by atoms with van der Waals surface area (Å²) < 4.78 is 7.24. The SMILES string of the molecule is COCCn1ccc2cc(NC(=O)NCC(C)C)ccc21. The number of carbonyl (C=O) groups is 1. The lowest BCUT2D eigenvalue weighted by molar-refractivity contribution is 0.188. The Bertz CT molecular complexity index is 605. The Kier molecular flexibility index (Phi) is 5.22. The number of benzene rings is 1. The van der Waals surface area contributed by atoms with Crippen LogP contribution in [-0.2, 0) is 11.3 Å². The van der Waals surface area contributed by atoms with Gasteiger partial charge in [0.25, 0.3) is 0 Å². The van der Waals surface area contributed by atoms with E-state index in [2.05, 4.69) is 29.0 Å². The van der Waals surface area contributed by atoms with Crippen LogP contribution in [0, 0.1) is 5.92 Å². The maximum absolute atomic E-state index is 11.8. The van der Waals surface area contributed by atoms with Crippen LogP contribution in [0.15, 0.2) is 30.5 Å². The summed E-state index contributed by atoms with van der Waals surface area (Å²) in [6.07, 6.45) is 2.03. The summed E-state index contributed by atoms with van der Waals surface area (Å²) in [4.78, 5) is 11.8. The second-order valence-electron chi connectivity index (χ2n) is 5.50. The zero-order valence-electron chi connectivity index (χ0n) is 12.8.